The summed E-state index contributed by atoms with van der Waals surface area (Å²) in [5.74, 6) is 2.91. The Morgan fingerprint density at radius 2 is 1.85 bits per heavy atom. The molecule has 0 spiro atoms. The molecule has 110 valence electrons. The van der Waals surface area contributed by atoms with Crippen LogP contribution in [0.5, 0.6) is 0 Å². The van der Waals surface area contributed by atoms with E-state index in [0.29, 0.717) is 6.04 Å². The number of likely N-dealkylation sites (N-methyl/N-ethyl adjacent to an activating group) is 1. The van der Waals surface area contributed by atoms with E-state index in [1.807, 2.05) is 14.0 Å². The number of aryl methyl sites for hydroxylation is 1. The molecule has 2 aliphatic rings. The molecule has 2 aliphatic heterocycles. The number of nitrogens with one attached hydrogen (secondary N) is 1. The lowest BCUT2D eigenvalue weighted by Crippen LogP contribution is -2.37. The van der Waals surface area contributed by atoms with Gasteiger partial charge in [-0.3, -0.25) is 4.90 Å². The average Bonchev–Trinajstić information content (AvgIpc) is 2.66. The van der Waals surface area contributed by atoms with Gasteiger partial charge in [0.1, 0.15) is 17.5 Å². The third-order valence-corrected chi connectivity index (χ3v) is 4.92. The van der Waals surface area contributed by atoms with Crippen LogP contribution in [0.2, 0.25) is 0 Å². The molecule has 2 fully saturated rings. The van der Waals surface area contributed by atoms with Crippen molar-refractivity contribution < 1.29 is 0 Å². The maximum absolute atomic E-state index is 4.71. The van der Waals surface area contributed by atoms with Gasteiger partial charge in [0.25, 0.3) is 0 Å². The van der Waals surface area contributed by atoms with Crippen molar-refractivity contribution in [3.05, 3.63) is 11.4 Å². The van der Waals surface area contributed by atoms with Crippen LogP contribution in [0.4, 0.5) is 11.6 Å². The number of anilines is 2. The van der Waals surface area contributed by atoms with Gasteiger partial charge in [-0.25, -0.2) is 9.97 Å². The second kappa shape index (κ2) is 5.20. The summed E-state index contributed by atoms with van der Waals surface area (Å²) in [7, 11) is 4.21. The molecular formula is C15H25N5. The number of aromatic nitrogens is 2. The molecule has 20 heavy (non-hydrogen) atoms. The summed E-state index contributed by atoms with van der Waals surface area (Å²) in [5.41, 5.74) is 1.17. The molecule has 2 unspecified atom stereocenters. The van der Waals surface area contributed by atoms with Gasteiger partial charge in [0.15, 0.2) is 0 Å². The monoisotopic (exact) mass is 275 g/mol. The fourth-order valence-electron chi connectivity index (χ4n) is 3.67. The normalized spacial score (nSPS) is 26.7. The first kappa shape index (κ1) is 13.6. The Hall–Kier alpha value is -1.36. The molecule has 3 heterocycles. The minimum Gasteiger partial charge on any atom is -0.373 e. The van der Waals surface area contributed by atoms with Crippen LogP contribution in [0.1, 0.15) is 30.7 Å². The second-order valence-corrected chi connectivity index (χ2v) is 6.10. The maximum Gasteiger partial charge on any atom is 0.137 e. The summed E-state index contributed by atoms with van der Waals surface area (Å²) < 4.78 is 0. The first-order valence-corrected chi connectivity index (χ1v) is 7.60. The largest absolute Gasteiger partial charge is 0.373 e. The van der Waals surface area contributed by atoms with Gasteiger partial charge in [0.2, 0.25) is 0 Å². The first-order valence-electron chi connectivity index (χ1n) is 7.60. The highest BCUT2D eigenvalue weighted by Gasteiger charge is 2.35. The quantitative estimate of drug-likeness (QED) is 0.892. The summed E-state index contributed by atoms with van der Waals surface area (Å²) in [6, 6.07) is 1.44. The fourth-order valence-corrected chi connectivity index (χ4v) is 3.67. The molecule has 0 amide bonds. The van der Waals surface area contributed by atoms with Crippen LogP contribution in [0.15, 0.2) is 0 Å². The summed E-state index contributed by atoms with van der Waals surface area (Å²) in [5, 5.41) is 3.19. The molecule has 0 radical (unpaired) electrons. The first-order chi connectivity index (χ1) is 9.60. The van der Waals surface area contributed by atoms with E-state index in [1.165, 1.54) is 24.8 Å². The molecule has 2 bridgehead atoms. The van der Waals surface area contributed by atoms with E-state index in [4.69, 9.17) is 4.98 Å². The highest BCUT2D eigenvalue weighted by Crippen LogP contribution is 2.32. The zero-order chi connectivity index (χ0) is 14.3. The lowest BCUT2D eigenvalue weighted by atomic mass is 10.1. The van der Waals surface area contributed by atoms with Crippen LogP contribution in [0.25, 0.3) is 0 Å². The fraction of sp³-hybridized carbons (Fsp3) is 0.733. The van der Waals surface area contributed by atoms with Crippen molar-refractivity contribution in [1.29, 1.82) is 0 Å². The van der Waals surface area contributed by atoms with Crippen LogP contribution in [-0.4, -0.2) is 54.1 Å². The van der Waals surface area contributed by atoms with Crippen molar-refractivity contribution in [2.45, 2.75) is 45.2 Å². The van der Waals surface area contributed by atoms with Crippen LogP contribution in [-0.2, 0) is 0 Å². The topological polar surface area (TPSA) is 44.3 Å². The average molecular weight is 275 g/mol. The molecule has 2 saturated heterocycles. The SMILES string of the molecule is CNc1nc(C)nc(N2CCC3CCC(C2)N3C)c1C. The summed E-state index contributed by atoms with van der Waals surface area (Å²) in [6.45, 7) is 6.28. The highest BCUT2D eigenvalue weighted by molar-refractivity contribution is 5.58. The zero-order valence-corrected chi connectivity index (χ0v) is 13.0. The molecule has 3 rings (SSSR count). The highest BCUT2D eigenvalue weighted by atomic mass is 15.3. The maximum atomic E-state index is 4.71. The Balaban J connectivity index is 1.91. The standard InChI is InChI=1S/C15H25N5/c1-10-14(16-3)17-11(2)18-15(10)20-8-7-12-5-6-13(9-20)19(12)4/h12-13H,5-9H2,1-4H3,(H,16,17,18). The van der Waals surface area contributed by atoms with Gasteiger partial charge in [-0.2, -0.15) is 0 Å². The lowest BCUT2D eigenvalue weighted by Gasteiger charge is -2.28. The molecule has 1 N–H and O–H groups in total. The van der Waals surface area contributed by atoms with Crippen molar-refractivity contribution in [3.63, 3.8) is 0 Å². The third-order valence-electron chi connectivity index (χ3n) is 4.92. The molecule has 0 aliphatic carbocycles. The lowest BCUT2D eigenvalue weighted by molar-refractivity contribution is 0.254. The molecule has 1 aromatic rings. The van der Waals surface area contributed by atoms with Gasteiger partial charge in [0.05, 0.1) is 0 Å². The van der Waals surface area contributed by atoms with E-state index in [-0.39, 0.29) is 0 Å². The van der Waals surface area contributed by atoms with Crippen molar-refractivity contribution >= 4 is 11.6 Å². The van der Waals surface area contributed by atoms with Crippen molar-refractivity contribution in [1.82, 2.24) is 14.9 Å². The Bertz CT molecular complexity index is 501. The van der Waals surface area contributed by atoms with Crippen LogP contribution in [0.3, 0.4) is 0 Å². The minimum absolute atomic E-state index is 0.676. The molecular weight excluding hydrogens is 250 g/mol. The van der Waals surface area contributed by atoms with Crippen molar-refractivity contribution in [3.8, 4) is 0 Å². The van der Waals surface area contributed by atoms with Gasteiger partial charge in [-0.1, -0.05) is 0 Å². The van der Waals surface area contributed by atoms with Gasteiger partial charge >= 0.3 is 0 Å². The number of nitrogens with zero attached hydrogens (tertiary/aromatic N) is 4. The van der Waals surface area contributed by atoms with Gasteiger partial charge in [-0.05, 0) is 40.2 Å². The number of rotatable bonds is 2. The Morgan fingerprint density at radius 3 is 2.60 bits per heavy atom. The number of hydrogen-bond donors (Lipinski definition) is 1. The predicted molar refractivity (Wildman–Crippen MR) is 82.5 cm³/mol. The summed E-state index contributed by atoms with van der Waals surface area (Å²) in [4.78, 5) is 14.2. The van der Waals surface area contributed by atoms with Gasteiger partial charge < -0.3 is 10.2 Å². The zero-order valence-electron chi connectivity index (χ0n) is 13.0. The van der Waals surface area contributed by atoms with E-state index >= 15 is 0 Å². The van der Waals surface area contributed by atoms with Crippen LogP contribution in [0, 0.1) is 13.8 Å². The van der Waals surface area contributed by atoms with E-state index in [9.17, 15) is 0 Å². The minimum atomic E-state index is 0.676. The molecule has 1 aromatic heterocycles. The van der Waals surface area contributed by atoms with Gasteiger partial charge in [-0.15, -0.1) is 0 Å². The smallest absolute Gasteiger partial charge is 0.137 e. The van der Waals surface area contributed by atoms with E-state index in [1.54, 1.807) is 0 Å². The molecule has 2 atom stereocenters. The molecule has 5 nitrogen and oxygen atoms in total. The van der Waals surface area contributed by atoms with E-state index < -0.39 is 0 Å². The predicted octanol–water partition coefficient (Wildman–Crippen LogP) is 1.81. The van der Waals surface area contributed by atoms with Gasteiger partial charge in [0, 0.05) is 37.8 Å². The second-order valence-electron chi connectivity index (χ2n) is 6.10. The Labute approximate surface area is 121 Å². The molecule has 5 heteroatoms. The van der Waals surface area contributed by atoms with Crippen LogP contribution >= 0.6 is 0 Å². The summed E-state index contributed by atoms with van der Waals surface area (Å²) in [6.07, 6.45) is 3.92. The third kappa shape index (κ3) is 2.24. The number of hydrogen-bond acceptors (Lipinski definition) is 5. The van der Waals surface area contributed by atoms with Crippen LogP contribution < -0.4 is 10.2 Å². The molecule has 0 aromatic carbocycles. The van der Waals surface area contributed by atoms with E-state index in [2.05, 4.69) is 34.1 Å². The van der Waals surface area contributed by atoms with Crippen molar-refractivity contribution in [2.75, 3.05) is 37.4 Å². The Morgan fingerprint density at radius 1 is 1.10 bits per heavy atom. The molecule has 0 saturated carbocycles. The van der Waals surface area contributed by atoms with Crippen molar-refractivity contribution in [2.24, 2.45) is 0 Å². The summed E-state index contributed by atoms with van der Waals surface area (Å²) >= 11 is 0. The van der Waals surface area contributed by atoms with E-state index in [0.717, 1.165) is 36.6 Å². The Kier molecular flexibility index (Phi) is 3.54. The number of fused-ring (bicyclic) bond motifs is 2.